The van der Waals surface area contributed by atoms with E-state index in [9.17, 15) is 0 Å². The summed E-state index contributed by atoms with van der Waals surface area (Å²) in [6.07, 6.45) is 1.14. The smallest absolute Gasteiger partial charge is 0.298 e. The molecule has 1 aromatic carbocycles. The Morgan fingerprint density at radius 1 is 1.37 bits per heavy atom. The zero-order valence-corrected chi connectivity index (χ0v) is 11.2. The average molecular weight is 262 g/mol. The first-order valence-corrected chi connectivity index (χ1v) is 6.45. The molecule has 2 heterocycles. The maximum Gasteiger partial charge on any atom is 0.298 e. The summed E-state index contributed by atoms with van der Waals surface area (Å²) in [5.74, 6) is 0. The van der Waals surface area contributed by atoms with Gasteiger partial charge in [-0.1, -0.05) is 12.1 Å². The van der Waals surface area contributed by atoms with Crippen molar-refractivity contribution in [2.45, 2.75) is 18.6 Å². The molecule has 2 atom stereocenters. The van der Waals surface area contributed by atoms with Crippen molar-refractivity contribution < 1.29 is 13.9 Å². The number of hydrogen-bond donors (Lipinski definition) is 0. The van der Waals surface area contributed by atoms with Gasteiger partial charge in [0.05, 0.1) is 18.8 Å². The molecular weight excluding hydrogens is 244 g/mol. The number of hydrogen-bond acceptors (Lipinski definition) is 5. The molecule has 1 fully saturated rings. The number of para-hydroxylation sites is 2. The second-order valence-electron chi connectivity index (χ2n) is 4.82. The van der Waals surface area contributed by atoms with Gasteiger partial charge >= 0.3 is 0 Å². The molecule has 0 saturated carbocycles. The van der Waals surface area contributed by atoms with Crippen molar-refractivity contribution in [1.29, 1.82) is 0 Å². The third-order valence-corrected chi connectivity index (χ3v) is 3.60. The van der Waals surface area contributed by atoms with E-state index < -0.39 is 0 Å². The van der Waals surface area contributed by atoms with Gasteiger partial charge in [-0.3, -0.25) is 0 Å². The summed E-state index contributed by atoms with van der Waals surface area (Å²) in [6, 6.07) is 8.71. The minimum absolute atomic E-state index is 0.204. The van der Waals surface area contributed by atoms with E-state index in [2.05, 4.69) is 9.88 Å². The zero-order valence-electron chi connectivity index (χ0n) is 11.2. The standard InChI is InChI=1S/C14H18N2O3/c1-17-9-10-7-11(18-2)8-16(10)14-15-12-5-3-4-6-13(12)19-14/h3-6,10-11H,7-9H2,1-2H3/t10-,11-/m0/s1. The first-order chi connectivity index (χ1) is 9.31. The molecule has 1 aromatic heterocycles. The van der Waals surface area contributed by atoms with Crippen molar-refractivity contribution in [3.8, 4) is 0 Å². The van der Waals surface area contributed by atoms with Crippen molar-refractivity contribution in [2.75, 3.05) is 32.3 Å². The van der Waals surface area contributed by atoms with Crippen LogP contribution in [0.25, 0.3) is 11.1 Å². The molecule has 1 aliphatic rings. The number of aromatic nitrogens is 1. The van der Waals surface area contributed by atoms with Crippen LogP contribution >= 0.6 is 0 Å². The molecule has 1 saturated heterocycles. The maximum atomic E-state index is 5.83. The monoisotopic (exact) mass is 262 g/mol. The normalized spacial score (nSPS) is 23.4. The SMILES string of the molecule is COC[C@@H]1C[C@H](OC)CN1c1nc2ccccc2o1. The molecule has 0 N–H and O–H groups in total. The molecule has 1 aliphatic heterocycles. The van der Waals surface area contributed by atoms with Crippen LogP contribution in [-0.2, 0) is 9.47 Å². The van der Waals surface area contributed by atoms with Crippen LogP contribution in [-0.4, -0.2) is 44.5 Å². The van der Waals surface area contributed by atoms with Gasteiger partial charge in [0.15, 0.2) is 5.58 Å². The number of anilines is 1. The predicted octanol–water partition coefficient (Wildman–Crippen LogP) is 2.07. The van der Waals surface area contributed by atoms with Crippen LogP contribution < -0.4 is 4.90 Å². The van der Waals surface area contributed by atoms with E-state index in [0.29, 0.717) is 12.6 Å². The maximum absolute atomic E-state index is 5.83. The molecule has 5 heteroatoms. The molecular formula is C14H18N2O3. The molecule has 0 bridgehead atoms. The van der Waals surface area contributed by atoms with Crippen LogP contribution in [0.5, 0.6) is 0 Å². The molecule has 0 spiro atoms. The summed E-state index contributed by atoms with van der Waals surface area (Å²) in [4.78, 5) is 6.68. The summed E-state index contributed by atoms with van der Waals surface area (Å²) >= 11 is 0. The molecule has 5 nitrogen and oxygen atoms in total. The highest BCUT2D eigenvalue weighted by molar-refractivity contribution is 5.74. The van der Waals surface area contributed by atoms with E-state index >= 15 is 0 Å². The molecule has 2 aromatic rings. The van der Waals surface area contributed by atoms with Gasteiger partial charge in [0.25, 0.3) is 6.01 Å². The number of nitrogens with zero attached hydrogens (tertiary/aromatic N) is 2. The largest absolute Gasteiger partial charge is 0.423 e. The fourth-order valence-corrected chi connectivity index (χ4v) is 2.61. The van der Waals surface area contributed by atoms with Crippen LogP contribution in [0.4, 0.5) is 6.01 Å². The van der Waals surface area contributed by atoms with Gasteiger partial charge in [0.2, 0.25) is 0 Å². The summed E-state index contributed by atoms with van der Waals surface area (Å²) in [7, 11) is 3.45. The summed E-state index contributed by atoms with van der Waals surface area (Å²) < 4.78 is 16.5. The Morgan fingerprint density at radius 3 is 2.95 bits per heavy atom. The molecule has 3 rings (SSSR count). The van der Waals surface area contributed by atoms with E-state index in [-0.39, 0.29) is 12.1 Å². The Kier molecular flexibility index (Phi) is 3.40. The molecule has 0 aliphatic carbocycles. The van der Waals surface area contributed by atoms with Crippen LogP contribution in [0.1, 0.15) is 6.42 Å². The summed E-state index contributed by atoms with van der Waals surface area (Å²) in [5.41, 5.74) is 1.70. The first kappa shape index (κ1) is 12.4. The number of benzene rings is 1. The van der Waals surface area contributed by atoms with Crippen LogP contribution in [0.3, 0.4) is 0 Å². The van der Waals surface area contributed by atoms with Gasteiger partial charge in [-0.25, -0.2) is 0 Å². The molecule has 0 unspecified atom stereocenters. The summed E-state index contributed by atoms with van der Waals surface area (Å²) in [5, 5.41) is 0. The van der Waals surface area contributed by atoms with Gasteiger partial charge in [-0.05, 0) is 18.6 Å². The lowest BCUT2D eigenvalue weighted by atomic mass is 10.2. The second-order valence-corrected chi connectivity index (χ2v) is 4.82. The van der Waals surface area contributed by atoms with Crippen LogP contribution in [0.15, 0.2) is 28.7 Å². The zero-order chi connectivity index (χ0) is 13.2. The van der Waals surface area contributed by atoms with Gasteiger partial charge in [0.1, 0.15) is 5.52 Å². The van der Waals surface area contributed by atoms with Crippen LogP contribution in [0.2, 0.25) is 0 Å². The minimum atomic E-state index is 0.204. The highest BCUT2D eigenvalue weighted by Gasteiger charge is 2.34. The number of fused-ring (bicyclic) bond motifs is 1. The lowest BCUT2D eigenvalue weighted by Gasteiger charge is -2.21. The third kappa shape index (κ3) is 2.31. The molecule has 0 radical (unpaired) electrons. The molecule has 19 heavy (non-hydrogen) atoms. The van der Waals surface area contributed by atoms with Gasteiger partial charge < -0.3 is 18.8 Å². The van der Waals surface area contributed by atoms with E-state index in [1.54, 1.807) is 14.2 Å². The predicted molar refractivity (Wildman–Crippen MR) is 72.4 cm³/mol. The molecule has 0 amide bonds. The first-order valence-electron chi connectivity index (χ1n) is 6.45. The lowest BCUT2D eigenvalue weighted by molar-refractivity contribution is 0.111. The Labute approximate surface area is 112 Å². The quantitative estimate of drug-likeness (QED) is 0.844. The van der Waals surface area contributed by atoms with Gasteiger partial charge in [-0.15, -0.1) is 0 Å². The average Bonchev–Trinajstić information content (AvgIpc) is 3.01. The van der Waals surface area contributed by atoms with Gasteiger partial charge in [-0.2, -0.15) is 4.98 Å². The number of ether oxygens (including phenoxy) is 2. The van der Waals surface area contributed by atoms with Crippen molar-refractivity contribution in [3.05, 3.63) is 24.3 Å². The minimum Gasteiger partial charge on any atom is -0.423 e. The lowest BCUT2D eigenvalue weighted by Crippen LogP contribution is -2.33. The van der Waals surface area contributed by atoms with E-state index in [1.807, 2.05) is 24.3 Å². The summed E-state index contributed by atoms with van der Waals surface area (Å²) in [6.45, 7) is 1.44. The van der Waals surface area contributed by atoms with Crippen molar-refractivity contribution >= 4 is 17.1 Å². The van der Waals surface area contributed by atoms with Crippen molar-refractivity contribution in [3.63, 3.8) is 0 Å². The van der Waals surface area contributed by atoms with Crippen molar-refractivity contribution in [2.24, 2.45) is 0 Å². The Bertz CT molecular complexity index is 521. The Morgan fingerprint density at radius 2 is 2.21 bits per heavy atom. The van der Waals surface area contributed by atoms with E-state index in [1.165, 1.54) is 0 Å². The molecule has 102 valence electrons. The highest BCUT2D eigenvalue weighted by atomic mass is 16.5. The van der Waals surface area contributed by atoms with Crippen molar-refractivity contribution in [1.82, 2.24) is 4.98 Å². The highest BCUT2D eigenvalue weighted by Crippen LogP contribution is 2.29. The van der Waals surface area contributed by atoms with E-state index in [0.717, 1.165) is 24.1 Å². The second kappa shape index (κ2) is 5.19. The fourth-order valence-electron chi connectivity index (χ4n) is 2.61. The topological polar surface area (TPSA) is 47.7 Å². The fraction of sp³-hybridized carbons (Fsp3) is 0.500. The number of rotatable bonds is 4. The van der Waals surface area contributed by atoms with E-state index in [4.69, 9.17) is 13.9 Å². The van der Waals surface area contributed by atoms with Gasteiger partial charge in [0, 0.05) is 20.8 Å². The Balaban J connectivity index is 1.90. The number of methoxy groups -OCH3 is 2. The third-order valence-electron chi connectivity index (χ3n) is 3.60. The number of oxazole rings is 1. The Hall–Kier alpha value is -1.59. The van der Waals surface area contributed by atoms with Crippen LogP contribution in [0, 0.1) is 0 Å².